The van der Waals surface area contributed by atoms with Crippen LogP contribution in [0.5, 0.6) is 40.2 Å². The molecule has 5 aromatic carbocycles. The molecule has 63 heavy (non-hydrogen) atoms. The summed E-state index contributed by atoms with van der Waals surface area (Å²) in [7, 11) is 1.69. The molecule has 0 saturated heterocycles. The van der Waals surface area contributed by atoms with Crippen molar-refractivity contribution in [2.75, 3.05) is 40.1 Å². The Bertz CT molecular complexity index is 2420. The first kappa shape index (κ1) is 43.1. The zero-order chi connectivity index (χ0) is 43.6. The summed E-state index contributed by atoms with van der Waals surface area (Å²) < 4.78 is 39.7. The Kier molecular flexibility index (Phi) is 12.9. The lowest BCUT2D eigenvalue weighted by molar-refractivity contribution is -0.114. The van der Waals surface area contributed by atoms with Gasteiger partial charge in [0.05, 0.1) is 31.5 Å². The number of phenolic OH excluding ortho intramolecular Hbond substituents is 3. The molecule has 11 heteroatoms. The van der Waals surface area contributed by atoms with Crippen LogP contribution >= 0.6 is 0 Å². The van der Waals surface area contributed by atoms with Crippen LogP contribution in [0.15, 0.2) is 66.7 Å². The molecule has 3 heterocycles. The third-order valence-corrected chi connectivity index (χ3v) is 13.6. The highest BCUT2D eigenvalue weighted by molar-refractivity contribution is 5.97. The third-order valence-electron chi connectivity index (χ3n) is 13.6. The predicted octanol–water partition coefficient (Wildman–Crippen LogP) is 9.41. The van der Waals surface area contributed by atoms with Crippen molar-refractivity contribution in [1.82, 2.24) is 0 Å². The van der Waals surface area contributed by atoms with Gasteiger partial charge in [0.1, 0.15) is 46.4 Å². The van der Waals surface area contributed by atoms with Gasteiger partial charge in [-0.05, 0) is 141 Å². The van der Waals surface area contributed by atoms with Gasteiger partial charge in [0.25, 0.3) is 0 Å². The van der Waals surface area contributed by atoms with E-state index in [1.165, 1.54) is 0 Å². The molecule has 1 saturated carbocycles. The fraction of sp³-hybridized carbons (Fsp3) is 0.462. The number of aromatic hydroxyl groups is 3. The lowest BCUT2D eigenvalue weighted by Gasteiger charge is -2.47. The predicted molar refractivity (Wildman–Crippen MR) is 240 cm³/mol. The van der Waals surface area contributed by atoms with Gasteiger partial charge in [-0.15, -0.1) is 0 Å². The molecule has 0 amide bonds. The molecule has 5 atom stereocenters. The zero-order valence-corrected chi connectivity index (χ0v) is 36.3. The van der Waals surface area contributed by atoms with Gasteiger partial charge < -0.3 is 54.0 Å². The quantitative estimate of drug-likeness (QED) is 0.0640. The molecule has 1 aliphatic carbocycles. The summed E-state index contributed by atoms with van der Waals surface area (Å²) >= 11 is 0. The summed E-state index contributed by atoms with van der Waals surface area (Å²) in [5.74, 6) is 2.27. The van der Waals surface area contributed by atoms with E-state index in [1.807, 2.05) is 49.4 Å². The molecule has 3 aliphatic heterocycles. The number of fused-ring (bicyclic) bond motifs is 7. The van der Waals surface area contributed by atoms with Gasteiger partial charge in [-0.25, -0.2) is 0 Å². The molecule has 5 aromatic rings. The average molecular weight is 861 g/mol. The molecule has 334 valence electrons. The van der Waals surface area contributed by atoms with E-state index in [-0.39, 0.29) is 36.6 Å². The number of phenols is 3. The molecule has 1 fully saturated rings. The van der Waals surface area contributed by atoms with Crippen molar-refractivity contribution in [3.05, 3.63) is 100 Å². The summed E-state index contributed by atoms with van der Waals surface area (Å²) in [6.45, 7) is 3.52. The molecule has 9 rings (SSSR count). The number of aliphatic hydroxyl groups excluding tert-OH is 2. The molecule has 0 radical (unpaired) electrons. The smallest absolute Gasteiger partial charge is 0.133 e. The maximum absolute atomic E-state index is 13.0. The zero-order valence-electron chi connectivity index (χ0n) is 36.3. The first-order valence-electron chi connectivity index (χ1n) is 22.9. The van der Waals surface area contributed by atoms with E-state index in [4.69, 9.17) is 28.4 Å². The number of hydrogen-bond acceptors (Lipinski definition) is 11. The van der Waals surface area contributed by atoms with Gasteiger partial charge in [0, 0.05) is 78.2 Å². The van der Waals surface area contributed by atoms with E-state index < -0.39 is 30.1 Å². The average Bonchev–Trinajstić information content (AvgIpc) is 3.80. The Hall–Kier alpha value is -5.20. The molecule has 4 aliphatic rings. The van der Waals surface area contributed by atoms with Crippen LogP contribution in [-0.2, 0) is 28.7 Å². The van der Waals surface area contributed by atoms with Crippen LogP contribution in [0.4, 0.5) is 0 Å². The topological polar surface area (TPSA) is 157 Å². The summed E-state index contributed by atoms with van der Waals surface area (Å²) in [6, 6.07) is 20.2. The standard InChI is InChI=1S/C52H60O11/c1-3-30-25-40(31-10-6-11-34(54)23-31)32(26-44(30)56)22-33-24-37(62-36-12-4-5-13-36)28-42-48(57)43(29-61-49(33)42)46-45(15-8-19-58-2)63-51-38-17-16-35(55)27-41(38)50-39(14-7-20-59-50)47(51)52(46)60-21-9-18-53/h6,10-11,16-17,23-28,36,43,45-46,48,52-57H,3-5,7-9,12-15,18-22,29H2,1-2H3/t43-,45-,46-,48-,52-/m1/s1. The molecule has 5 N–H and O–H groups in total. The largest absolute Gasteiger partial charge is 0.508 e. The highest BCUT2D eigenvalue weighted by Gasteiger charge is 2.50. The van der Waals surface area contributed by atoms with Crippen LogP contribution in [0.1, 0.15) is 104 Å². The second-order valence-corrected chi connectivity index (χ2v) is 17.6. The molecule has 0 spiro atoms. The summed E-state index contributed by atoms with van der Waals surface area (Å²) in [5, 5.41) is 56.8. The van der Waals surface area contributed by atoms with Gasteiger partial charge in [-0.1, -0.05) is 19.1 Å². The first-order chi connectivity index (χ1) is 30.8. The van der Waals surface area contributed by atoms with Crippen molar-refractivity contribution in [2.45, 2.75) is 102 Å². The van der Waals surface area contributed by atoms with Crippen LogP contribution in [-0.4, -0.2) is 77.9 Å². The minimum Gasteiger partial charge on any atom is -0.508 e. The van der Waals surface area contributed by atoms with Crippen molar-refractivity contribution in [2.24, 2.45) is 11.8 Å². The molecular formula is C52H60O11. The molecule has 11 nitrogen and oxygen atoms in total. The number of ether oxygens (including phenoxy) is 6. The molecular weight excluding hydrogens is 801 g/mol. The van der Waals surface area contributed by atoms with E-state index in [0.29, 0.717) is 80.5 Å². The monoisotopic (exact) mass is 860 g/mol. The lowest BCUT2D eigenvalue weighted by atomic mass is 9.71. The number of hydrogen-bond donors (Lipinski definition) is 5. The van der Waals surface area contributed by atoms with Gasteiger partial charge in [-0.3, -0.25) is 0 Å². The second-order valence-electron chi connectivity index (χ2n) is 17.6. The Morgan fingerprint density at radius 1 is 0.794 bits per heavy atom. The molecule has 0 bridgehead atoms. The van der Waals surface area contributed by atoms with Crippen molar-refractivity contribution in [3.63, 3.8) is 0 Å². The van der Waals surface area contributed by atoms with E-state index in [0.717, 1.165) is 88.2 Å². The van der Waals surface area contributed by atoms with Crippen LogP contribution in [0, 0.1) is 11.8 Å². The van der Waals surface area contributed by atoms with E-state index in [1.54, 1.807) is 31.4 Å². The fourth-order valence-electron chi connectivity index (χ4n) is 10.6. The summed E-state index contributed by atoms with van der Waals surface area (Å²) in [4.78, 5) is 0. The first-order valence-corrected chi connectivity index (χ1v) is 22.9. The van der Waals surface area contributed by atoms with Crippen molar-refractivity contribution in [3.8, 4) is 51.4 Å². The third kappa shape index (κ3) is 8.60. The van der Waals surface area contributed by atoms with Crippen LogP contribution in [0.25, 0.3) is 21.9 Å². The Morgan fingerprint density at radius 3 is 2.43 bits per heavy atom. The Morgan fingerprint density at radius 2 is 1.63 bits per heavy atom. The van der Waals surface area contributed by atoms with Gasteiger partial charge >= 0.3 is 0 Å². The number of aliphatic hydroxyl groups is 2. The fourth-order valence-corrected chi connectivity index (χ4v) is 10.6. The highest BCUT2D eigenvalue weighted by atomic mass is 16.5. The number of methoxy groups -OCH3 is 1. The normalized spacial score (nSPS) is 21.8. The van der Waals surface area contributed by atoms with E-state index >= 15 is 0 Å². The van der Waals surface area contributed by atoms with Gasteiger partial charge in [0.15, 0.2) is 0 Å². The van der Waals surface area contributed by atoms with Crippen molar-refractivity contribution >= 4 is 10.8 Å². The van der Waals surface area contributed by atoms with Crippen molar-refractivity contribution in [1.29, 1.82) is 0 Å². The minimum atomic E-state index is -1.01. The van der Waals surface area contributed by atoms with Gasteiger partial charge in [0.2, 0.25) is 0 Å². The number of aryl methyl sites for hydroxylation is 1. The van der Waals surface area contributed by atoms with Crippen molar-refractivity contribution < 1.29 is 54.0 Å². The second kappa shape index (κ2) is 18.9. The van der Waals surface area contributed by atoms with E-state index in [9.17, 15) is 25.5 Å². The number of benzene rings is 5. The maximum Gasteiger partial charge on any atom is 0.133 e. The van der Waals surface area contributed by atoms with Crippen LogP contribution in [0.3, 0.4) is 0 Å². The summed E-state index contributed by atoms with van der Waals surface area (Å²) in [5.41, 5.74) is 6.68. The highest BCUT2D eigenvalue weighted by Crippen LogP contribution is 2.57. The molecule has 0 aromatic heterocycles. The minimum absolute atomic E-state index is 0.0303. The molecule has 0 unspecified atom stereocenters. The van der Waals surface area contributed by atoms with E-state index in [2.05, 4.69) is 0 Å². The number of rotatable bonds is 15. The lowest BCUT2D eigenvalue weighted by Crippen LogP contribution is -2.47. The Labute approximate surface area is 369 Å². The summed E-state index contributed by atoms with van der Waals surface area (Å²) in [6.07, 6.45) is 6.50. The Balaban J connectivity index is 1.17. The van der Waals surface area contributed by atoms with Crippen LogP contribution < -0.4 is 18.9 Å². The maximum atomic E-state index is 13.0. The van der Waals surface area contributed by atoms with Gasteiger partial charge in [-0.2, -0.15) is 0 Å². The SMILES string of the molecule is CCc1cc(-c2cccc(O)c2)c(Cc2cc(OC3CCCC3)cc3c2OC[C@H]([C@@H]2[C@@H](CCCOC)Oc4c(c5c(c6cc(O)ccc46)OCCC5)[C@@H]2OCCCO)[C@@H]3O)cc1O. The van der Waals surface area contributed by atoms with Crippen LogP contribution in [0.2, 0.25) is 0 Å².